The van der Waals surface area contributed by atoms with Crippen LogP contribution in [0.1, 0.15) is 30.2 Å². The van der Waals surface area contributed by atoms with Gasteiger partial charge in [-0.2, -0.15) is 0 Å². The molecule has 1 N–H and O–H groups in total. The molecule has 1 heterocycles. The van der Waals surface area contributed by atoms with Gasteiger partial charge in [0.1, 0.15) is 11.5 Å². The molecule has 2 nitrogen and oxygen atoms in total. The van der Waals surface area contributed by atoms with Crippen molar-refractivity contribution in [2.75, 3.05) is 0 Å². The summed E-state index contributed by atoms with van der Waals surface area (Å²) in [6.07, 6.45) is 2.19. The average Bonchev–Trinajstić information content (AvgIpc) is 3.10. The summed E-state index contributed by atoms with van der Waals surface area (Å²) in [4.78, 5) is 0. The zero-order valence-electron chi connectivity index (χ0n) is 15.2. The van der Waals surface area contributed by atoms with E-state index in [0.29, 0.717) is 6.04 Å². The van der Waals surface area contributed by atoms with Crippen LogP contribution in [0.25, 0.3) is 11.3 Å². The maximum absolute atomic E-state index is 6.20. The van der Waals surface area contributed by atoms with E-state index < -0.39 is 0 Å². The van der Waals surface area contributed by atoms with Crippen molar-refractivity contribution in [3.8, 4) is 11.3 Å². The Hall–Kier alpha value is -1.74. The van der Waals surface area contributed by atoms with Crippen molar-refractivity contribution in [1.29, 1.82) is 0 Å². The van der Waals surface area contributed by atoms with E-state index in [1.165, 1.54) is 5.56 Å². The van der Waals surface area contributed by atoms with Gasteiger partial charge in [0, 0.05) is 16.6 Å². The highest BCUT2D eigenvalue weighted by atomic mass is 35.5. The van der Waals surface area contributed by atoms with Crippen LogP contribution in [0.15, 0.2) is 65.1 Å². The van der Waals surface area contributed by atoms with Crippen molar-refractivity contribution in [1.82, 2.24) is 5.32 Å². The Balaban J connectivity index is 0.00000243. The van der Waals surface area contributed by atoms with Crippen molar-refractivity contribution < 1.29 is 4.42 Å². The fourth-order valence-corrected chi connectivity index (χ4v) is 2.96. The molecule has 26 heavy (non-hydrogen) atoms. The molecule has 0 bridgehead atoms. The topological polar surface area (TPSA) is 25.2 Å². The maximum Gasteiger partial charge on any atom is 0.134 e. The summed E-state index contributed by atoms with van der Waals surface area (Å²) in [5.74, 6) is 1.80. The number of aryl methyl sites for hydroxylation is 2. The summed E-state index contributed by atoms with van der Waals surface area (Å²) in [6, 6.07) is 21.1. The van der Waals surface area contributed by atoms with Crippen molar-refractivity contribution in [2.45, 2.75) is 39.3 Å². The highest BCUT2D eigenvalue weighted by Gasteiger charge is 2.08. The Morgan fingerprint density at radius 2 is 1.81 bits per heavy atom. The van der Waals surface area contributed by atoms with Crippen LogP contribution in [0.4, 0.5) is 0 Å². The molecule has 0 fully saturated rings. The first-order chi connectivity index (χ1) is 12.1. The van der Waals surface area contributed by atoms with Crippen LogP contribution in [-0.2, 0) is 13.0 Å². The molecule has 3 aromatic rings. The molecule has 0 spiro atoms. The SMILES string of the molecule is Cc1ccc(-c2ccc(CNC(C)CCc3ccccc3)o2)cc1Cl.Cl. The summed E-state index contributed by atoms with van der Waals surface area (Å²) >= 11 is 6.20. The summed E-state index contributed by atoms with van der Waals surface area (Å²) in [6.45, 7) is 4.95. The summed E-state index contributed by atoms with van der Waals surface area (Å²) < 4.78 is 5.96. The number of rotatable bonds is 7. The van der Waals surface area contributed by atoms with E-state index in [1.807, 2.05) is 37.3 Å². The van der Waals surface area contributed by atoms with Gasteiger partial charge in [-0.15, -0.1) is 12.4 Å². The predicted molar refractivity (Wildman–Crippen MR) is 112 cm³/mol. The van der Waals surface area contributed by atoms with E-state index in [1.54, 1.807) is 0 Å². The average molecular weight is 390 g/mol. The van der Waals surface area contributed by atoms with Gasteiger partial charge in [-0.05, 0) is 56.0 Å². The third-order valence-corrected chi connectivity index (χ3v) is 4.86. The molecule has 1 unspecified atom stereocenters. The lowest BCUT2D eigenvalue weighted by Crippen LogP contribution is -2.25. The quantitative estimate of drug-likeness (QED) is 0.502. The van der Waals surface area contributed by atoms with Gasteiger partial charge >= 0.3 is 0 Å². The molecular formula is C22H25Cl2NO. The van der Waals surface area contributed by atoms with Gasteiger partial charge in [0.25, 0.3) is 0 Å². The predicted octanol–water partition coefficient (Wildman–Crippen LogP) is 6.44. The van der Waals surface area contributed by atoms with E-state index in [0.717, 1.165) is 47.1 Å². The molecule has 0 radical (unpaired) electrons. The minimum Gasteiger partial charge on any atom is -0.460 e. The number of hydrogen-bond acceptors (Lipinski definition) is 2. The van der Waals surface area contributed by atoms with E-state index in [9.17, 15) is 0 Å². The Morgan fingerprint density at radius 3 is 2.54 bits per heavy atom. The molecule has 0 aliphatic rings. The molecule has 138 valence electrons. The molecule has 1 aromatic heterocycles. The van der Waals surface area contributed by atoms with Crippen LogP contribution in [0.3, 0.4) is 0 Å². The van der Waals surface area contributed by atoms with Gasteiger partial charge in [0.15, 0.2) is 0 Å². The molecule has 0 aliphatic carbocycles. The van der Waals surface area contributed by atoms with Gasteiger partial charge in [0.2, 0.25) is 0 Å². The highest BCUT2D eigenvalue weighted by Crippen LogP contribution is 2.26. The second-order valence-corrected chi connectivity index (χ2v) is 6.94. The van der Waals surface area contributed by atoms with Crippen LogP contribution in [0.5, 0.6) is 0 Å². The number of halogens is 2. The summed E-state index contributed by atoms with van der Waals surface area (Å²) in [5.41, 5.74) is 3.47. The van der Waals surface area contributed by atoms with Crippen molar-refractivity contribution in [3.63, 3.8) is 0 Å². The number of furan rings is 1. The molecule has 0 saturated carbocycles. The smallest absolute Gasteiger partial charge is 0.134 e. The Morgan fingerprint density at radius 1 is 1.04 bits per heavy atom. The van der Waals surface area contributed by atoms with Gasteiger partial charge in [-0.25, -0.2) is 0 Å². The van der Waals surface area contributed by atoms with E-state index in [4.69, 9.17) is 16.0 Å². The first-order valence-corrected chi connectivity index (χ1v) is 9.12. The first-order valence-electron chi connectivity index (χ1n) is 8.74. The normalized spacial score (nSPS) is 11.8. The van der Waals surface area contributed by atoms with Gasteiger partial charge < -0.3 is 9.73 Å². The minimum absolute atomic E-state index is 0. The standard InChI is InChI=1S/C22H24ClNO.ClH/c1-16-8-11-19(14-21(16)23)22-13-12-20(25-22)15-24-17(2)9-10-18-6-4-3-5-7-18;/h3-8,11-14,17,24H,9-10,15H2,1-2H3;1H. The monoisotopic (exact) mass is 389 g/mol. The molecule has 3 rings (SSSR count). The summed E-state index contributed by atoms with van der Waals surface area (Å²) in [7, 11) is 0. The lowest BCUT2D eigenvalue weighted by Gasteiger charge is -2.12. The fraction of sp³-hybridized carbons (Fsp3) is 0.273. The van der Waals surface area contributed by atoms with Gasteiger partial charge in [-0.1, -0.05) is 54.1 Å². The number of hydrogen-bond donors (Lipinski definition) is 1. The van der Waals surface area contributed by atoms with Crippen LogP contribution in [0.2, 0.25) is 5.02 Å². The lowest BCUT2D eigenvalue weighted by molar-refractivity contribution is 0.449. The molecule has 2 aromatic carbocycles. The molecule has 0 aliphatic heterocycles. The third kappa shape index (κ3) is 5.63. The van der Waals surface area contributed by atoms with E-state index in [-0.39, 0.29) is 12.4 Å². The molecule has 4 heteroatoms. The first kappa shape index (κ1) is 20.6. The van der Waals surface area contributed by atoms with Crippen LogP contribution >= 0.6 is 24.0 Å². The van der Waals surface area contributed by atoms with Crippen molar-refractivity contribution in [3.05, 3.63) is 82.6 Å². The van der Waals surface area contributed by atoms with E-state index in [2.05, 4.69) is 42.6 Å². The second kappa shape index (κ2) is 9.82. The maximum atomic E-state index is 6.20. The van der Waals surface area contributed by atoms with Crippen LogP contribution in [0, 0.1) is 6.92 Å². The zero-order valence-corrected chi connectivity index (χ0v) is 16.7. The van der Waals surface area contributed by atoms with Crippen molar-refractivity contribution in [2.24, 2.45) is 0 Å². The number of benzene rings is 2. The minimum atomic E-state index is 0. The Labute approximate surface area is 167 Å². The third-order valence-electron chi connectivity index (χ3n) is 4.45. The second-order valence-electron chi connectivity index (χ2n) is 6.54. The van der Waals surface area contributed by atoms with Crippen LogP contribution in [-0.4, -0.2) is 6.04 Å². The highest BCUT2D eigenvalue weighted by molar-refractivity contribution is 6.31. The molecule has 0 saturated heterocycles. The molecule has 0 amide bonds. The number of nitrogens with one attached hydrogen (secondary N) is 1. The zero-order chi connectivity index (χ0) is 17.6. The Bertz CT molecular complexity index is 814. The Kier molecular flexibility index (Phi) is 7.77. The fourth-order valence-electron chi connectivity index (χ4n) is 2.78. The van der Waals surface area contributed by atoms with Crippen molar-refractivity contribution >= 4 is 24.0 Å². The molecule has 1 atom stereocenters. The van der Waals surface area contributed by atoms with E-state index >= 15 is 0 Å². The largest absolute Gasteiger partial charge is 0.460 e. The van der Waals surface area contributed by atoms with Gasteiger partial charge in [0.05, 0.1) is 6.54 Å². The lowest BCUT2D eigenvalue weighted by atomic mass is 10.1. The summed E-state index contributed by atoms with van der Waals surface area (Å²) in [5, 5.41) is 4.30. The molecular weight excluding hydrogens is 365 g/mol. The van der Waals surface area contributed by atoms with Crippen LogP contribution < -0.4 is 5.32 Å². The van der Waals surface area contributed by atoms with Gasteiger partial charge in [-0.3, -0.25) is 0 Å².